The molecule has 20 heavy (non-hydrogen) atoms. The number of nitrogens with zero attached hydrogens (tertiary/aromatic N) is 1. The van der Waals surface area contributed by atoms with Crippen LogP contribution < -0.4 is 10.6 Å². The molecule has 1 amide bonds. The zero-order valence-electron chi connectivity index (χ0n) is 11.8. The van der Waals surface area contributed by atoms with Crippen LogP contribution in [0.25, 0.3) is 0 Å². The molecule has 0 unspecified atom stereocenters. The van der Waals surface area contributed by atoms with Gasteiger partial charge in [-0.25, -0.2) is 0 Å². The Balaban J connectivity index is 2.34. The Bertz CT molecular complexity index is 647. The Kier molecular flexibility index (Phi) is 4.00. The van der Waals surface area contributed by atoms with E-state index in [0.717, 1.165) is 16.8 Å². The zero-order chi connectivity index (χ0) is 14.9. The molecule has 3 nitrogen and oxygen atoms in total. The Hall–Kier alpha value is -2.00. The molecule has 0 aromatic heterocycles. The van der Waals surface area contributed by atoms with Crippen molar-refractivity contribution in [1.29, 1.82) is 0 Å². The van der Waals surface area contributed by atoms with Gasteiger partial charge in [0.2, 0.25) is 0 Å². The first-order valence-corrected chi connectivity index (χ1v) is 6.67. The molecular weight excluding hydrogens is 272 g/mol. The van der Waals surface area contributed by atoms with Gasteiger partial charge in [-0.05, 0) is 55.3 Å². The van der Waals surface area contributed by atoms with E-state index in [1.54, 1.807) is 30.1 Å². The first kappa shape index (κ1) is 14.4. The lowest BCUT2D eigenvalue weighted by Gasteiger charge is -2.19. The van der Waals surface area contributed by atoms with Gasteiger partial charge in [-0.15, -0.1) is 0 Å². The standard InChI is InChI=1S/C16H17ClN2O/c1-10-6-11(2)8-13(7-10)19(3)16(20)12-4-5-15(18)14(17)9-12/h4-9H,18H2,1-3H3. The SMILES string of the molecule is Cc1cc(C)cc(N(C)C(=O)c2ccc(N)c(Cl)c2)c1. The summed E-state index contributed by atoms with van der Waals surface area (Å²) in [6.45, 7) is 4.02. The summed E-state index contributed by atoms with van der Waals surface area (Å²) in [5.41, 5.74) is 9.75. The smallest absolute Gasteiger partial charge is 0.258 e. The highest BCUT2D eigenvalue weighted by Crippen LogP contribution is 2.23. The maximum absolute atomic E-state index is 12.5. The van der Waals surface area contributed by atoms with Crippen LogP contribution in [0, 0.1) is 13.8 Å². The van der Waals surface area contributed by atoms with E-state index in [1.807, 2.05) is 26.0 Å². The van der Waals surface area contributed by atoms with Crippen molar-refractivity contribution in [2.75, 3.05) is 17.7 Å². The first-order chi connectivity index (χ1) is 9.38. The van der Waals surface area contributed by atoms with Gasteiger partial charge in [0, 0.05) is 18.3 Å². The quantitative estimate of drug-likeness (QED) is 0.854. The van der Waals surface area contributed by atoms with Crippen molar-refractivity contribution in [3.8, 4) is 0 Å². The van der Waals surface area contributed by atoms with Crippen molar-refractivity contribution in [2.45, 2.75) is 13.8 Å². The van der Waals surface area contributed by atoms with E-state index in [2.05, 4.69) is 6.07 Å². The molecule has 0 fully saturated rings. The molecule has 0 aliphatic rings. The fourth-order valence-corrected chi connectivity index (χ4v) is 2.30. The summed E-state index contributed by atoms with van der Waals surface area (Å²) < 4.78 is 0. The molecule has 104 valence electrons. The van der Waals surface area contributed by atoms with Gasteiger partial charge in [-0.3, -0.25) is 4.79 Å². The predicted octanol–water partition coefficient (Wildman–Crippen LogP) is 3.82. The van der Waals surface area contributed by atoms with Crippen LogP contribution in [0.4, 0.5) is 11.4 Å². The van der Waals surface area contributed by atoms with Crippen LogP contribution in [-0.2, 0) is 0 Å². The number of rotatable bonds is 2. The molecule has 4 heteroatoms. The fraction of sp³-hybridized carbons (Fsp3) is 0.188. The van der Waals surface area contributed by atoms with Crippen LogP contribution in [0.15, 0.2) is 36.4 Å². The summed E-state index contributed by atoms with van der Waals surface area (Å²) in [6, 6.07) is 10.9. The third-order valence-corrected chi connectivity index (χ3v) is 3.47. The minimum absolute atomic E-state index is 0.114. The normalized spacial score (nSPS) is 10.4. The van der Waals surface area contributed by atoms with Crippen molar-refractivity contribution >= 4 is 28.9 Å². The molecular formula is C16H17ClN2O. The van der Waals surface area contributed by atoms with Crippen LogP contribution in [0.1, 0.15) is 21.5 Å². The van der Waals surface area contributed by atoms with Gasteiger partial charge >= 0.3 is 0 Å². The van der Waals surface area contributed by atoms with Crippen LogP contribution in [-0.4, -0.2) is 13.0 Å². The number of amides is 1. The van der Waals surface area contributed by atoms with Crippen LogP contribution >= 0.6 is 11.6 Å². The molecule has 0 saturated carbocycles. The summed E-state index contributed by atoms with van der Waals surface area (Å²) >= 11 is 5.96. The number of carbonyl (C=O) groups excluding carboxylic acids is 1. The molecule has 2 N–H and O–H groups in total. The maximum atomic E-state index is 12.5. The van der Waals surface area contributed by atoms with E-state index in [1.165, 1.54) is 0 Å². The van der Waals surface area contributed by atoms with Gasteiger partial charge in [0.25, 0.3) is 5.91 Å². The summed E-state index contributed by atoms with van der Waals surface area (Å²) in [4.78, 5) is 14.1. The summed E-state index contributed by atoms with van der Waals surface area (Å²) in [5.74, 6) is -0.114. The van der Waals surface area contributed by atoms with E-state index < -0.39 is 0 Å². The highest BCUT2D eigenvalue weighted by molar-refractivity contribution is 6.33. The lowest BCUT2D eigenvalue weighted by Crippen LogP contribution is -2.26. The number of halogens is 1. The summed E-state index contributed by atoms with van der Waals surface area (Å²) in [6.07, 6.45) is 0. The molecule has 2 aromatic rings. The van der Waals surface area contributed by atoms with Crippen molar-refractivity contribution in [3.05, 3.63) is 58.1 Å². The molecule has 0 heterocycles. The number of carbonyl (C=O) groups is 1. The van der Waals surface area contributed by atoms with Crippen LogP contribution in [0.2, 0.25) is 5.02 Å². The highest BCUT2D eigenvalue weighted by atomic mass is 35.5. The number of nitrogen functional groups attached to an aromatic ring is 1. The van der Waals surface area contributed by atoms with Crippen molar-refractivity contribution < 1.29 is 4.79 Å². The second kappa shape index (κ2) is 5.55. The molecule has 0 radical (unpaired) electrons. The van der Waals surface area contributed by atoms with E-state index in [9.17, 15) is 4.79 Å². The van der Waals surface area contributed by atoms with Gasteiger partial charge in [0.05, 0.1) is 10.7 Å². The average Bonchev–Trinajstić information content (AvgIpc) is 2.39. The number of hydrogen-bond donors (Lipinski definition) is 1. The minimum atomic E-state index is -0.114. The van der Waals surface area contributed by atoms with E-state index >= 15 is 0 Å². The van der Waals surface area contributed by atoms with Crippen LogP contribution in [0.5, 0.6) is 0 Å². The molecule has 0 atom stereocenters. The van der Waals surface area contributed by atoms with E-state index in [4.69, 9.17) is 17.3 Å². The second-order valence-corrected chi connectivity index (χ2v) is 5.35. The van der Waals surface area contributed by atoms with Crippen molar-refractivity contribution in [3.63, 3.8) is 0 Å². The second-order valence-electron chi connectivity index (χ2n) is 4.95. The fourth-order valence-electron chi connectivity index (χ4n) is 2.12. The molecule has 0 aliphatic heterocycles. The van der Waals surface area contributed by atoms with Gasteiger partial charge < -0.3 is 10.6 Å². The molecule has 0 bridgehead atoms. The lowest BCUT2D eigenvalue weighted by atomic mass is 10.1. The van der Waals surface area contributed by atoms with Crippen molar-refractivity contribution in [1.82, 2.24) is 0 Å². The van der Waals surface area contributed by atoms with Gasteiger partial charge in [-0.1, -0.05) is 17.7 Å². The largest absolute Gasteiger partial charge is 0.398 e. The summed E-state index contributed by atoms with van der Waals surface area (Å²) in [7, 11) is 1.75. The third kappa shape index (κ3) is 2.94. The Morgan fingerprint density at radius 3 is 2.25 bits per heavy atom. The number of aryl methyl sites for hydroxylation is 2. The van der Waals surface area contributed by atoms with E-state index in [0.29, 0.717) is 16.3 Å². The van der Waals surface area contributed by atoms with E-state index in [-0.39, 0.29) is 5.91 Å². The monoisotopic (exact) mass is 288 g/mol. The Morgan fingerprint density at radius 1 is 1.10 bits per heavy atom. The molecule has 2 aromatic carbocycles. The zero-order valence-corrected chi connectivity index (χ0v) is 12.5. The predicted molar refractivity (Wildman–Crippen MR) is 84.5 cm³/mol. The van der Waals surface area contributed by atoms with Gasteiger partial charge in [0.15, 0.2) is 0 Å². The number of hydrogen-bond acceptors (Lipinski definition) is 2. The third-order valence-electron chi connectivity index (χ3n) is 3.15. The minimum Gasteiger partial charge on any atom is -0.398 e. The molecule has 0 saturated heterocycles. The summed E-state index contributed by atoms with van der Waals surface area (Å²) in [5, 5.41) is 0.393. The highest BCUT2D eigenvalue weighted by Gasteiger charge is 2.15. The van der Waals surface area contributed by atoms with Gasteiger partial charge in [0.1, 0.15) is 0 Å². The number of nitrogens with two attached hydrogens (primary N) is 1. The molecule has 2 rings (SSSR count). The van der Waals surface area contributed by atoms with Gasteiger partial charge in [-0.2, -0.15) is 0 Å². The molecule has 0 aliphatic carbocycles. The number of anilines is 2. The van der Waals surface area contributed by atoms with Crippen LogP contribution in [0.3, 0.4) is 0 Å². The Labute approximate surface area is 124 Å². The molecule has 0 spiro atoms. The first-order valence-electron chi connectivity index (χ1n) is 6.30. The van der Waals surface area contributed by atoms with Crippen molar-refractivity contribution in [2.24, 2.45) is 0 Å². The maximum Gasteiger partial charge on any atom is 0.258 e. The average molecular weight is 289 g/mol. The Morgan fingerprint density at radius 2 is 1.70 bits per heavy atom. The number of benzene rings is 2. The lowest BCUT2D eigenvalue weighted by molar-refractivity contribution is 0.0993. The topological polar surface area (TPSA) is 46.3 Å².